The van der Waals surface area contributed by atoms with Crippen molar-refractivity contribution >= 4 is 38.9 Å². The number of ether oxygens (including phenoxy) is 1. The Morgan fingerprint density at radius 3 is 1.92 bits per heavy atom. The molecule has 3 aromatic carbocycles. The highest BCUT2D eigenvalue weighted by atomic mass is 35.5. The molecule has 0 aliphatic rings. The molecule has 0 radical (unpaired) electrons. The molecule has 0 saturated heterocycles. The highest BCUT2D eigenvalue weighted by Gasteiger charge is 2.15. The summed E-state index contributed by atoms with van der Waals surface area (Å²) in [7, 11) is -3.76. The lowest BCUT2D eigenvalue weighted by atomic mass is 10.3. The Hall–Kier alpha value is -2.21. The van der Waals surface area contributed by atoms with Crippen LogP contribution in [0.25, 0.3) is 0 Å². The molecule has 0 fully saturated rings. The van der Waals surface area contributed by atoms with Gasteiger partial charge in [-0.05, 0) is 54.6 Å². The fraction of sp³-hybridized carbons (Fsp3) is 0. The van der Waals surface area contributed by atoms with E-state index in [-0.39, 0.29) is 4.90 Å². The lowest BCUT2D eigenvalue weighted by Crippen LogP contribution is -2.12. The zero-order valence-corrected chi connectivity index (χ0v) is 15.1. The van der Waals surface area contributed by atoms with Crippen molar-refractivity contribution in [2.75, 3.05) is 4.72 Å². The average Bonchev–Trinajstić information content (AvgIpc) is 2.55. The van der Waals surface area contributed by atoms with Gasteiger partial charge in [0, 0.05) is 10.0 Å². The highest BCUT2D eigenvalue weighted by Crippen LogP contribution is 2.26. The summed E-state index contributed by atoms with van der Waals surface area (Å²) in [6.45, 7) is 0. The van der Waals surface area contributed by atoms with Crippen molar-refractivity contribution in [3.05, 3.63) is 82.8 Å². The lowest BCUT2D eigenvalue weighted by Gasteiger charge is -2.10. The predicted molar refractivity (Wildman–Crippen MR) is 100 cm³/mol. The number of benzene rings is 3. The van der Waals surface area contributed by atoms with E-state index in [1.54, 1.807) is 12.1 Å². The van der Waals surface area contributed by atoms with Gasteiger partial charge in [0.05, 0.1) is 10.6 Å². The van der Waals surface area contributed by atoms with E-state index in [4.69, 9.17) is 27.9 Å². The topological polar surface area (TPSA) is 55.4 Å². The number of hydrogen-bond acceptors (Lipinski definition) is 3. The Morgan fingerprint density at radius 1 is 0.760 bits per heavy atom. The molecule has 0 amide bonds. The first kappa shape index (κ1) is 17.6. The Morgan fingerprint density at radius 2 is 1.32 bits per heavy atom. The fourth-order valence-corrected chi connectivity index (χ4v) is 3.70. The minimum atomic E-state index is -3.76. The van der Waals surface area contributed by atoms with Gasteiger partial charge in [-0.3, -0.25) is 4.72 Å². The van der Waals surface area contributed by atoms with E-state index in [2.05, 4.69) is 4.72 Å². The second kappa shape index (κ2) is 7.35. The molecule has 25 heavy (non-hydrogen) atoms. The van der Waals surface area contributed by atoms with Gasteiger partial charge in [-0.2, -0.15) is 0 Å². The summed E-state index contributed by atoms with van der Waals surface area (Å²) in [4.78, 5) is 0.101. The van der Waals surface area contributed by atoms with E-state index in [1.807, 2.05) is 30.3 Å². The number of hydrogen-bond donors (Lipinski definition) is 1. The summed E-state index contributed by atoms with van der Waals surface area (Å²) in [6, 6.07) is 19.8. The van der Waals surface area contributed by atoms with Crippen molar-refractivity contribution in [3.63, 3.8) is 0 Å². The van der Waals surface area contributed by atoms with Crippen LogP contribution in [0.3, 0.4) is 0 Å². The molecule has 0 aliphatic heterocycles. The first-order valence-electron chi connectivity index (χ1n) is 7.24. The monoisotopic (exact) mass is 393 g/mol. The summed E-state index contributed by atoms with van der Waals surface area (Å²) in [5, 5.41) is 0.689. The van der Waals surface area contributed by atoms with Crippen molar-refractivity contribution in [2.45, 2.75) is 4.90 Å². The maximum atomic E-state index is 12.5. The minimum absolute atomic E-state index is 0.101. The number of para-hydroxylation sites is 1. The third-order valence-electron chi connectivity index (χ3n) is 3.23. The largest absolute Gasteiger partial charge is 0.457 e. The molecule has 0 heterocycles. The van der Waals surface area contributed by atoms with Gasteiger partial charge in [0.15, 0.2) is 0 Å². The molecule has 128 valence electrons. The number of rotatable bonds is 5. The molecule has 0 spiro atoms. The normalized spacial score (nSPS) is 11.1. The van der Waals surface area contributed by atoms with Crippen LogP contribution in [-0.2, 0) is 10.0 Å². The maximum absolute atomic E-state index is 12.5. The first-order chi connectivity index (χ1) is 11.9. The minimum Gasteiger partial charge on any atom is -0.457 e. The van der Waals surface area contributed by atoms with Crippen molar-refractivity contribution in [1.82, 2.24) is 0 Å². The second-order valence-corrected chi connectivity index (χ2v) is 7.71. The molecule has 0 atom stereocenters. The molecule has 4 nitrogen and oxygen atoms in total. The van der Waals surface area contributed by atoms with Gasteiger partial charge < -0.3 is 4.74 Å². The number of nitrogens with one attached hydrogen (secondary N) is 1. The molecule has 0 aromatic heterocycles. The highest BCUT2D eigenvalue weighted by molar-refractivity contribution is 7.92. The Bertz CT molecular complexity index is 955. The number of sulfonamides is 1. The van der Waals surface area contributed by atoms with Gasteiger partial charge in [-0.1, -0.05) is 41.4 Å². The van der Waals surface area contributed by atoms with Crippen LogP contribution in [-0.4, -0.2) is 8.42 Å². The molecule has 0 bridgehead atoms. The van der Waals surface area contributed by atoms with E-state index in [0.717, 1.165) is 0 Å². The summed E-state index contributed by atoms with van der Waals surface area (Å²) < 4.78 is 33.0. The predicted octanol–water partition coefficient (Wildman–Crippen LogP) is 5.59. The van der Waals surface area contributed by atoms with E-state index < -0.39 is 10.0 Å². The third-order valence-corrected chi connectivity index (χ3v) is 5.06. The number of anilines is 1. The van der Waals surface area contributed by atoms with Crippen molar-refractivity contribution in [2.24, 2.45) is 0 Å². The van der Waals surface area contributed by atoms with Crippen LogP contribution in [0, 0.1) is 0 Å². The molecule has 3 aromatic rings. The molecule has 0 unspecified atom stereocenters. The summed E-state index contributed by atoms with van der Waals surface area (Å²) >= 11 is 11.8. The van der Waals surface area contributed by atoms with Crippen LogP contribution in [0.4, 0.5) is 5.69 Å². The van der Waals surface area contributed by atoms with Crippen molar-refractivity contribution in [3.8, 4) is 11.5 Å². The van der Waals surface area contributed by atoms with Gasteiger partial charge in [0.1, 0.15) is 11.5 Å². The van der Waals surface area contributed by atoms with Crippen LogP contribution >= 0.6 is 23.2 Å². The molecule has 7 heteroatoms. The Kier molecular flexibility index (Phi) is 5.18. The Balaban J connectivity index is 1.78. The molecule has 0 aliphatic carbocycles. The van der Waals surface area contributed by atoms with Crippen LogP contribution in [0.1, 0.15) is 0 Å². The quantitative estimate of drug-likeness (QED) is 0.614. The second-order valence-electron chi connectivity index (χ2n) is 5.15. The van der Waals surface area contributed by atoms with Gasteiger partial charge >= 0.3 is 0 Å². The van der Waals surface area contributed by atoms with Gasteiger partial charge in [0.25, 0.3) is 10.0 Å². The fourth-order valence-electron chi connectivity index (χ4n) is 2.14. The molecular weight excluding hydrogens is 381 g/mol. The van der Waals surface area contributed by atoms with E-state index in [0.29, 0.717) is 27.2 Å². The van der Waals surface area contributed by atoms with Crippen molar-refractivity contribution < 1.29 is 13.2 Å². The van der Waals surface area contributed by atoms with Gasteiger partial charge in [-0.25, -0.2) is 8.42 Å². The number of halogens is 2. The lowest BCUT2D eigenvalue weighted by molar-refractivity contribution is 0.482. The van der Waals surface area contributed by atoms with Crippen LogP contribution in [0.15, 0.2) is 77.7 Å². The standard InChI is InChI=1S/C18H13Cl2NO3S/c19-13-10-14(20)12-15(11-13)21-25(22,23)18-8-6-17(7-9-18)24-16-4-2-1-3-5-16/h1-12,21H. The molecular formula is C18H13Cl2NO3S. The maximum Gasteiger partial charge on any atom is 0.261 e. The molecule has 1 N–H and O–H groups in total. The van der Waals surface area contributed by atoms with Crippen molar-refractivity contribution in [1.29, 1.82) is 0 Å². The molecule has 3 rings (SSSR count). The summed E-state index contributed by atoms with van der Waals surface area (Å²) in [5.74, 6) is 1.21. The van der Waals surface area contributed by atoms with Crippen LogP contribution < -0.4 is 9.46 Å². The summed E-state index contributed by atoms with van der Waals surface area (Å²) in [6.07, 6.45) is 0. The van der Waals surface area contributed by atoms with E-state index in [1.165, 1.54) is 30.3 Å². The first-order valence-corrected chi connectivity index (χ1v) is 9.48. The smallest absolute Gasteiger partial charge is 0.261 e. The third kappa shape index (κ3) is 4.66. The zero-order valence-electron chi connectivity index (χ0n) is 12.8. The van der Waals surface area contributed by atoms with Crippen LogP contribution in [0.5, 0.6) is 11.5 Å². The average molecular weight is 394 g/mol. The van der Waals surface area contributed by atoms with Crippen LogP contribution in [0.2, 0.25) is 10.0 Å². The SMILES string of the molecule is O=S(=O)(Nc1cc(Cl)cc(Cl)c1)c1ccc(Oc2ccccc2)cc1. The van der Waals surface area contributed by atoms with Gasteiger partial charge in [-0.15, -0.1) is 0 Å². The zero-order chi connectivity index (χ0) is 17.9. The van der Waals surface area contributed by atoms with Gasteiger partial charge in [0.2, 0.25) is 0 Å². The molecule has 0 saturated carbocycles. The van der Waals surface area contributed by atoms with E-state index >= 15 is 0 Å². The summed E-state index contributed by atoms with van der Waals surface area (Å²) in [5.41, 5.74) is 0.294. The Labute approximate surface area is 156 Å². The van der Waals surface area contributed by atoms with E-state index in [9.17, 15) is 8.42 Å².